The molecule has 2 unspecified atom stereocenters. The van der Waals surface area contributed by atoms with E-state index in [1.165, 1.54) is 0 Å². The highest BCUT2D eigenvalue weighted by Crippen LogP contribution is 2.35. The summed E-state index contributed by atoms with van der Waals surface area (Å²) in [6.45, 7) is 2.36. The van der Waals surface area contributed by atoms with Crippen molar-refractivity contribution in [2.45, 2.75) is 18.9 Å². The Labute approximate surface area is 132 Å². The van der Waals surface area contributed by atoms with Crippen LogP contribution >= 0.6 is 27.5 Å². The summed E-state index contributed by atoms with van der Waals surface area (Å²) in [4.78, 5) is 0. The van der Waals surface area contributed by atoms with E-state index >= 15 is 0 Å². The summed E-state index contributed by atoms with van der Waals surface area (Å²) in [6.07, 6.45) is -0.673. The SMILES string of the molecule is Cc1ccc(C(O)C(CN)c2cccc(Cl)c2)c(Br)c1. The number of hydrogen-bond acceptors (Lipinski definition) is 2. The molecule has 2 atom stereocenters. The van der Waals surface area contributed by atoms with Crippen LogP contribution in [0, 0.1) is 6.92 Å². The van der Waals surface area contributed by atoms with Crippen LogP contribution in [0.5, 0.6) is 0 Å². The first-order valence-electron chi connectivity index (χ1n) is 6.42. The molecule has 0 radical (unpaired) electrons. The van der Waals surface area contributed by atoms with Crippen molar-refractivity contribution >= 4 is 27.5 Å². The van der Waals surface area contributed by atoms with Crippen LogP contribution in [0.15, 0.2) is 46.9 Å². The van der Waals surface area contributed by atoms with E-state index in [1.807, 2.05) is 49.4 Å². The molecule has 20 heavy (non-hydrogen) atoms. The number of aliphatic hydroxyl groups excluding tert-OH is 1. The standard InChI is InChI=1S/C16H17BrClNO/c1-10-5-6-13(15(17)7-10)16(20)14(9-19)11-3-2-4-12(18)8-11/h2-8,14,16,20H,9,19H2,1H3. The Kier molecular flexibility index (Phi) is 5.22. The monoisotopic (exact) mass is 353 g/mol. The maximum Gasteiger partial charge on any atom is 0.0881 e. The van der Waals surface area contributed by atoms with Gasteiger partial charge < -0.3 is 10.8 Å². The summed E-state index contributed by atoms with van der Waals surface area (Å²) in [5.74, 6) is -0.187. The summed E-state index contributed by atoms with van der Waals surface area (Å²) >= 11 is 9.52. The second kappa shape index (κ2) is 6.72. The third-order valence-corrected chi connectivity index (χ3v) is 4.31. The van der Waals surface area contributed by atoms with E-state index in [4.69, 9.17) is 17.3 Å². The molecular formula is C16H17BrClNO. The summed E-state index contributed by atoms with van der Waals surface area (Å²) in [5, 5.41) is 11.3. The molecule has 0 amide bonds. The van der Waals surface area contributed by atoms with Gasteiger partial charge in [-0.15, -0.1) is 0 Å². The van der Waals surface area contributed by atoms with Crippen molar-refractivity contribution < 1.29 is 5.11 Å². The van der Waals surface area contributed by atoms with Gasteiger partial charge in [0.15, 0.2) is 0 Å². The molecule has 0 bridgehead atoms. The highest BCUT2D eigenvalue weighted by molar-refractivity contribution is 9.10. The van der Waals surface area contributed by atoms with Crippen LogP contribution in [0.25, 0.3) is 0 Å². The Balaban J connectivity index is 2.36. The van der Waals surface area contributed by atoms with Gasteiger partial charge in [0.1, 0.15) is 0 Å². The molecule has 2 aromatic carbocycles. The Morgan fingerprint density at radius 2 is 2.00 bits per heavy atom. The predicted octanol–water partition coefficient (Wildman–Crippen LogP) is 4.19. The normalized spacial score (nSPS) is 14.1. The van der Waals surface area contributed by atoms with Crippen LogP contribution in [0.1, 0.15) is 28.7 Å². The minimum Gasteiger partial charge on any atom is -0.388 e. The zero-order valence-corrected chi connectivity index (χ0v) is 13.5. The molecule has 2 rings (SSSR count). The Morgan fingerprint density at radius 1 is 1.25 bits per heavy atom. The molecule has 0 saturated carbocycles. The maximum absolute atomic E-state index is 10.6. The van der Waals surface area contributed by atoms with Crippen LogP contribution in [0.3, 0.4) is 0 Å². The smallest absolute Gasteiger partial charge is 0.0881 e. The lowest BCUT2D eigenvalue weighted by molar-refractivity contribution is 0.146. The summed E-state index contributed by atoms with van der Waals surface area (Å²) in [7, 11) is 0. The number of halogens is 2. The van der Waals surface area contributed by atoms with Crippen molar-refractivity contribution in [1.82, 2.24) is 0 Å². The molecular weight excluding hydrogens is 338 g/mol. The predicted molar refractivity (Wildman–Crippen MR) is 87.1 cm³/mol. The van der Waals surface area contributed by atoms with Crippen molar-refractivity contribution in [3.63, 3.8) is 0 Å². The molecule has 4 heteroatoms. The molecule has 0 fully saturated rings. The van der Waals surface area contributed by atoms with E-state index in [0.29, 0.717) is 11.6 Å². The molecule has 2 nitrogen and oxygen atoms in total. The lowest BCUT2D eigenvalue weighted by Crippen LogP contribution is -2.20. The van der Waals surface area contributed by atoms with E-state index in [-0.39, 0.29) is 5.92 Å². The fraction of sp³-hybridized carbons (Fsp3) is 0.250. The fourth-order valence-corrected chi connectivity index (χ4v) is 3.20. The highest BCUT2D eigenvalue weighted by Gasteiger charge is 2.23. The lowest BCUT2D eigenvalue weighted by Gasteiger charge is -2.23. The molecule has 2 aromatic rings. The van der Waals surface area contributed by atoms with Gasteiger partial charge >= 0.3 is 0 Å². The third kappa shape index (κ3) is 3.41. The third-order valence-electron chi connectivity index (χ3n) is 3.39. The van der Waals surface area contributed by atoms with Crippen LogP contribution < -0.4 is 5.73 Å². The quantitative estimate of drug-likeness (QED) is 0.865. The van der Waals surface area contributed by atoms with Gasteiger partial charge in [-0.25, -0.2) is 0 Å². The number of aryl methyl sites for hydroxylation is 1. The minimum atomic E-state index is -0.673. The molecule has 3 N–H and O–H groups in total. The molecule has 0 spiro atoms. The summed E-state index contributed by atoms with van der Waals surface area (Å²) in [6, 6.07) is 13.4. The molecule has 0 heterocycles. The van der Waals surface area contributed by atoms with Crippen LogP contribution in [0.4, 0.5) is 0 Å². The van der Waals surface area contributed by atoms with Crippen LogP contribution in [-0.2, 0) is 0 Å². The maximum atomic E-state index is 10.6. The second-order valence-electron chi connectivity index (χ2n) is 4.87. The van der Waals surface area contributed by atoms with Gasteiger partial charge in [-0.2, -0.15) is 0 Å². The largest absolute Gasteiger partial charge is 0.388 e. The number of rotatable bonds is 4. The summed E-state index contributed by atoms with van der Waals surface area (Å²) < 4.78 is 0.894. The van der Waals surface area contributed by atoms with Crippen molar-refractivity contribution in [2.24, 2.45) is 5.73 Å². The molecule has 0 aromatic heterocycles. The van der Waals surface area contributed by atoms with Gasteiger partial charge in [0.2, 0.25) is 0 Å². The van der Waals surface area contributed by atoms with Gasteiger partial charge in [-0.05, 0) is 41.8 Å². The molecule has 106 valence electrons. The fourth-order valence-electron chi connectivity index (χ4n) is 2.27. The van der Waals surface area contributed by atoms with Crippen molar-refractivity contribution in [3.8, 4) is 0 Å². The molecule has 0 aliphatic carbocycles. The number of benzene rings is 2. The molecule has 0 aliphatic rings. The van der Waals surface area contributed by atoms with Crippen molar-refractivity contribution in [1.29, 1.82) is 0 Å². The first-order chi connectivity index (χ1) is 9.52. The van der Waals surface area contributed by atoms with E-state index in [9.17, 15) is 5.11 Å². The van der Waals surface area contributed by atoms with Gasteiger partial charge in [0.25, 0.3) is 0 Å². The summed E-state index contributed by atoms with van der Waals surface area (Å²) in [5.41, 5.74) is 8.78. The highest BCUT2D eigenvalue weighted by atomic mass is 79.9. The molecule has 0 aliphatic heterocycles. The minimum absolute atomic E-state index is 0.187. The van der Waals surface area contributed by atoms with E-state index in [1.54, 1.807) is 0 Å². The number of hydrogen-bond donors (Lipinski definition) is 2. The number of nitrogens with two attached hydrogens (primary N) is 1. The first kappa shape index (κ1) is 15.5. The van der Waals surface area contributed by atoms with E-state index in [0.717, 1.165) is 21.2 Å². The second-order valence-corrected chi connectivity index (χ2v) is 6.16. The Morgan fingerprint density at radius 3 is 2.60 bits per heavy atom. The van der Waals surface area contributed by atoms with Crippen LogP contribution in [-0.4, -0.2) is 11.7 Å². The zero-order valence-electron chi connectivity index (χ0n) is 11.2. The van der Waals surface area contributed by atoms with Gasteiger partial charge in [0, 0.05) is 22.0 Å². The van der Waals surface area contributed by atoms with Crippen LogP contribution in [0.2, 0.25) is 5.02 Å². The first-order valence-corrected chi connectivity index (χ1v) is 7.59. The average Bonchev–Trinajstić information content (AvgIpc) is 2.39. The lowest BCUT2D eigenvalue weighted by atomic mass is 9.89. The molecule has 0 saturated heterocycles. The number of aliphatic hydroxyl groups is 1. The topological polar surface area (TPSA) is 46.2 Å². The Bertz CT molecular complexity index is 603. The van der Waals surface area contributed by atoms with Crippen molar-refractivity contribution in [3.05, 3.63) is 68.7 Å². The van der Waals surface area contributed by atoms with Gasteiger partial charge in [0.05, 0.1) is 6.10 Å². The van der Waals surface area contributed by atoms with E-state index < -0.39 is 6.10 Å². The van der Waals surface area contributed by atoms with Crippen molar-refractivity contribution in [2.75, 3.05) is 6.54 Å². The van der Waals surface area contributed by atoms with Gasteiger partial charge in [-0.1, -0.05) is 51.8 Å². The van der Waals surface area contributed by atoms with Gasteiger partial charge in [-0.3, -0.25) is 0 Å². The van der Waals surface area contributed by atoms with E-state index in [2.05, 4.69) is 15.9 Å². The average molecular weight is 355 g/mol. The zero-order chi connectivity index (χ0) is 14.7. The Hall–Kier alpha value is -0.870.